The fourth-order valence-electron chi connectivity index (χ4n) is 2.48. The van der Waals surface area contributed by atoms with Crippen LogP contribution in [0, 0.1) is 0 Å². The lowest BCUT2D eigenvalue weighted by Gasteiger charge is -2.24. The minimum absolute atomic E-state index is 0.331. The Bertz CT molecular complexity index is 499. The first-order chi connectivity index (χ1) is 11.1. The number of aliphatic imine (C=N–C) groups is 1. The third kappa shape index (κ3) is 5.86. The predicted octanol–water partition coefficient (Wildman–Crippen LogP) is 2.52. The highest BCUT2D eigenvalue weighted by atomic mass is 32.2. The second-order valence-electron chi connectivity index (χ2n) is 5.78. The Labute approximate surface area is 143 Å². The van der Waals surface area contributed by atoms with Crippen molar-refractivity contribution >= 4 is 17.7 Å². The highest BCUT2D eigenvalue weighted by Gasteiger charge is 2.29. The summed E-state index contributed by atoms with van der Waals surface area (Å²) in [4.78, 5) is 4.26. The van der Waals surface area contributed by atoms with Gasteiger partial charge in [0, 0.05) is 18.3 Å². The molecule has 1 aromatic carbocycles. The summed E-state index contributed by atoms with van der Waals surface area (Å²) in [7, 11) is 3.45. The molecule has 0 spiro atoms. The Kier molecular flexibility index (Phi) is 6.89. The van der Waals surface area contributed by atoms with Crippen LogP contribution >= 0.6 is 11.8 Å². The quantitative estimate of drug-likeness (QED) is 0.455. The molecule has 1 saturated heterocycles. The molecule has 0 aromatic heterocycles. The van der Waals surface area contributed by atoms with Crippen LogP contribution in [0.25, 0.3) is 0 Å². The van der Waals surface area contributed by atoms with Gasteiger partial charge in [0.1, 0.15) is 18.1 Å². The standard InChI is InChI=1S/C17H27N3O2S/c1-17(9-4-12-23-17)13-20-16(18-2)19-10-11-22-15-7-5-14(21-3)6-8-15/h5-8H,4,9-13H2,1-3H3,(H2,18,19,20). The molecule has 23 heavy (non-hydrogen) atoms. The van der Waals surface area contributed by atoms with Gasteiger partial charge in [0.05, 0.1) is 13.7 Å². The van der Waals surface area contributed by atoms with E-state index < -0.39 is 0 Å². The first kappa shape index (κ1) is 17.8. The summed E-state index contributed by atoms with van der Waals surface area (Å²) < 4.78 is 11.1. The van der Waals surface area contributed by atoms with Crippen LogP contribution in [0.5, 0.6) is 11.5 Å². The molecular weight excluding hydrogens is 310 g/mol. The monoisotopic (exact) mass is 337 g/mol. The van der Waals surface area contributed by atoms with Crippen molar-refractivity contribution in [3.63, 3.8) is 0 Å². The van der Waals surface area contributed by atoms with Gasteiger partial charge in [-0.1, -0.05) is 0 Å². The van der Waals surface area contributed by atoms with Crippen LogP contribution < -0.4 is 20.1 Å². The van der Waals surface area contributed by atoms with Crippen molar-refractivity contribution in [1.29, 1.82) is 0 Å². The molecule has 128 valence electrons. The van der Waals surface area contributed by atoms with Crippen molar-refractivity contribution in [1.82, 2.24) is 10.6 Å². The molecular formula is C17H27N3O2S. The summed E-state index contributed by atoms with van der Waals surface area (Å²) >= 11 is 2.05. The molecule has 1 heterocycles. The zero-order chi connectivity index (χ0) is 16.5. The van der Waals surface area contributed by atoms with Crippen molar-refractivity contribution < 1.29 is 9.47 Å². The van der Waals surface area contributed by atoms with Crippen molar-refractivity contribution in [3.8, 4) is 11.5 Å². The van der Waals surface area contributed by atoms with Gasteiger partial charge in [0.2, 0.25) is 0 Å². The molecule has 1 aliphatic heterocycles. The Morgan fingerprint density at radius 2 is 2.00 bits per heavy atom. The summed E-state index contributed by atoms with van der Waals surface area (Å²) in [5, 5.41) is 6.69. The first-order valence-corrected chi connectivity index (χ1v) is 8.99. The molecule has 5 nitrogen and oxygen atoms in total. The second-order valence-corrected chi connectivity index (χ2v) is 7.46. The number of methoxy groups -OCH3 is 1. The van der Waals surface area contributed by atoms with E-state index in [0.29, 0.717) is 17.9 Å². The molecule has 0 bridgehead atoms. The van der Waals surface area contributed by atoms with E-state index in [9.17, 15) is 0 Å². The van der Waals surface area contributed by atoms with Crippen LogP contribution in [0.2, 0.25) is 0 Å². The van der Waals surface area contributed by atoms with E-state index in [1.54, 1.807) is 14.2 Å². The Morgan fingerprint density at radius 1 is 1.26 bits per heavy atom. The number of nitrogens with zero attached hydrogens (tertiary/aromatic N) is 1. The summed E-state index contributed by atoms with van der Waals surface area (Å²) in [6.45, 7) is 4.54. The molecule has 0 aliphatic carbocycles. The fourth-order valence-corrected chi connectivity index (χ4v) is 3.72. The number of hydrogen-bond donors (Lipinski definition) is 2. The number of rotatable bonds is 7. The predicted molar refractivity (Wildman–Crippen MR) is 98.0 cm³/mol. The first-order valence-electron chi connectivity index (χ1n) is 8.00. The van der Waals surface area contributed by atoms with E-state index in [1.165, 1.54) is 18.6 Å². The minimum Gasteiger partial charge on any atom is -0.497 e. The van der Waals surface area contributed by atoms with Gasteiger partial charge in [-0.15, -0.1) is 0 Å². The van der Waals surface area contributed by atoms with Gasteiger partial charge in [-0.3, -0.25) is 4.99 Å². The van der Waals surface area contributed by atoms with Crippen LogP contribution in [0.15, 0.2) is 29.3 Å². The van der Waals surface area contributed by atoms with E-state index in [1.807, 2.05) is 36.0 Å². The van der Waals surface area contributed by atoms with Crippen LogP contribution in [-0.4, -0.2) is 50.3 Å². The third-order valence-corrected chi connectivity index (χ3v) is 5.41. The molecule has 1 atom stereocenters. The molecule has 1 aromatic rings. The zero-order valence-corrected chi connectivity index (χ0v) is 15.0. The molecule has 1 unspecified atom stereocenters. The minimum atomic E-state index is 0.331. The van der Waals surface area contributed by atoms with E-state index >= 15 is 0 Å². The number of thioether (sulfide) groups is 1. The average Bonchev–Trinajstić information content (AvgIpc) is 3.01. The Balaban J connectivity index is 1.65. The fraction of sp³-hybridized carbons (Fsp3) is 0.588. The highest BCUT2D eigenvalue weighted by molar-refractivity contribution is 8.00. The summed E-state index contributed by atoms with van der Waals surface area (Å²) in [5.41, 5.74) is 0. The lowest BCUT2D eigenvalue weighted by molar-refractivity contribution is 0.321. The van der Waals surface area contributed by atoms with E-state index in [0.717, 1.165) is 24.0 Å². The van der Waals surface area contributed by atoms with Crippen molar-refractivity contribution in [2.45, 2.75) is 24.5 Å². The van der Waals surface area contributed by atoms with Crippen LogP contribution in [-0.2, 0) is 0 Å². The van der Waals surface area contributed by atoms with Gasteiger partial charge in [0.15, 0.2) is 5.96 Å². The maximum absolute atomic E-state index is 5.69. The average molecular weight is 337 g/mol. The summed E-state index contributed by atoms with van der Waals surface area (Å²) in [6, 6.07) is 7.60. The van der Waals surface area contributed by atoms with Crippen molar-refractivity contribution in [2.24, 2.45) is 4.99 Å². The summed E-state index contributed by atoms with van der Waals surface area (Å²) in [6.07, 6.45) is 2.58. The van der Waals surface area contributed by atoms with Gasteiger partial charge in [-0.25, -0.2) is 0 Å². The molecule has 1 aliphatic rings. The van der Waals surface area contributed by atoms with Gasteiger partial charge in [-0.2, -0.15) is 11.8 Å². The van der Waals surface area contributed by atoms with Crippen LogP contribution in [0.3, 0.4) is 0 Å². The normalized spacial score (nSPS) is 21.1. The van der Waals surface area contributed by atoms with Crippen LogP contribution in [0.1, 0.15) is 19.8 Å². The summed E-state index contributed by atoms with van der Waals surface area (Å²) in [5.74, 6) is 3.76. The number of nitrogens with one attached hydrogen (secondary N) is 2. The van der Waals surface area contributed by atoms with Gasteiger partial charge in [-0.05, 0) is 49.8 Å². The molecule has 0 amide bonds. The van der Waals surface area contributed by atoms with Gasteiger partial charge >= 0.3 is 0 Å². The number of benzene rings is 1. The highest BCUT2D eigenvalue weighted by Crippen LogP contribution is 2.36. The maximum atomic E-state index is 5.69. The molecule has 1 fully saturated rings. The Morgan fingerprint density at radius 3 is 2.61 bits per heavy atom. The number of hydrogen-bond acceptors (Lipinski definition) is 4. The van der Waals surface area contributed by atoms with Gasteiger partial charge < -0.3 is 20.1 Å². The van der Waals surface area contributed by atoms with E-state index in [2.05, 4.69) is 22.5 Å². The zero-order valence-electron chi connectivity index (χ0n) is 14.2. The van der Waals surface area contributed by atoms with E-state index in [4.69, 9.17) is 9.47 Å². The number of guanidine groups is 1. The number of ether oxygens (including phenoxy) is 2. The topological polar surface area (TPSA) is 54.9 Å². The molecule has 0 radical (unpaired) electrons. The molecule has 2 rings (SSSR count). The van der Waals surface area contributed by atoms with Gasteiger partial charge in [0.25, 0.3) is 0 Å². The van der Waals surface area contributed by atoms with Crippen molar-refractivity contribution in [2.75, 3.05) is 39.6 Å². The third-order valence-electron chi connectivity index (χ3n) is 3.88. The molecule has 2 N–H and O–H groups in total. The maximum Gasteiger partial charge on any atom is 0.191 e. The van der Waals surface area contributed by atoms with Crippen LogP contribution in [0.4, 0.5) is 0 Å². The lowest BCUT2D eigenvalue weighted by Crippen LogP contribution is -2.44. The Hall–Kier alpha value is -1.56. The lowest BCUT2D eigenvalue weighted by atomic mass is 10.1. The SMILES string of the molecule is CN=C(NCCOc1ccc(OC)cc1)NCC1(C)CCCS1. The largest absolute Gasteiger partial charge is 0.497 e. The molecule has 6 heteroatoms. The van der Waals surface area contributed by atoms with Crippen molar-refractivity contribution in [3.05, 3.63) is 24.3 Å². The molecule has 0 saturated carbocycles. The second kappa shape index (κ2) is 8.91. The smallest absolute Gasteiger partial charge is 0.191 e. The van der Waals surface area contributed by atoms with E-state index in [-0.39, 0.29) is 0 Å².